The van der Waals surface area contributed by atoms with Crippen molar-refractivity contribution in [3.63, 3.8) is 0 Å². The van der Waals surface area contributed by atoms with Gasteiger partial charge in [-0.15, -0.1) is 0 Å². The van der Waals surface area contributed by atoms with Gasteiger partial charge in [0.2, 0.25) is 0 Å². The summed E-state index contributed by atoms with van der Waals surface area (Å²) in [5, 5.41) is 10.8. The maximum absolute atomic E-state index is 2.64. The topological polar surface area (TPSA) is 9.86 Å². The number of nitrogens with zero attached hydrogens (tertiary/aromatic N) is 2. The zero-order chi connectivity index (χ0) is 33.5. The zero-order valence-electron chi connectivity index (χ0n) is 27.9. The molecule has 0 saturated carbocycles. The van der Waals surface area contributed by atoms with Crippen molar-refractivity contribution in [3.05, 3.63) is 194 Å². The van der Waals surface area contributed by atoms with Crippen LogP contribution in [-0.2, 0) is 0 Å². The summed E-state index contributed by atoms with van der Waals surface area (Å²) in [4.78, 5) is 0. The van der Waals surface area contributed by atoms with Crippen molar-refractivity contribution in [3.8, 4) is 22.5 Å². The molecule has 2 nitrogen and oxygen atoms in total. The number of hydrogen-bond donors (Lipinski definition) is 0. The number of benzene rings is 8. The van der Waals surface area contributed by atoms with E-state index >= 15 is 0 Å². The summed E-state index contributed by atoms with van der Waals surface area (Å²) >= 11 is 0. The molecule has 0 atom stereocenters. The molecule has 0 aliphatic carbocycles. The Kier molecular flexibility index (Phi) is 6.01. The van der Waals surface area contributed by atoms with Crippen molar-refractivity contribution >= 4 is 72.4 Å². The van der Waals surface area contributed by atoms with Crippen LogP contribution in [0.25, 0.3) is 66.1 Å². The first-order valence-electron chi connectivity index (χ1n) is 17.7. The molecule has 2 aromatic heterocycles. The lowest BCUT2D eigenvalue weighted by Gasteiger charge is -2.31. The van der Waals surface area contributed by atoms with Gasteiger partial charge in [-0.2, -0.15) is 0 Å². The smallest absolute Gasteiger partial charge is 0.180 e. The lowest BCUT2D eigenvalue weighted by atomic mass is 10.1. The van der Waals surface area contributed by atoms with E-state index in [-0.39, 0.29) is 0 Å². The fourth-order valence-corrected chi connectivity index (χ4v) is 14.3. The standard InChI is InChI=1S/C48H32N2Si/c1-4-16-33(17-5-1)49-43-25-13-10-22-37(43)41-31-42-38-23-11-14-26-44(38)50(46(42)32-45(41)49)34-28-29-40-39-24-12-15-27-47(39)51(48(40)30-34,35-18-6-2-7-19-35)36-20-8-3-9-21-36/h1-32H. The predicted octanol–water partition coefficient (Wildman–Crippen LogP) is 9.24. The highest BCUT2D eigenvalue weighted by atomic mass is 28.3. The fourth-order valence-electron chi connectivity index (χ4n) is 9.14. The van der Waals surface area contributed by atoms with Crippen molar-refractivity contribution in [2.24, 2.45) is 0 Å². The van der Waals surface area contributed by atoms with E-state index in [2.05, 4.69) is 203 Å². The normalized spacial score (nSPS) is 13.3. The van der Waals surface area contributed by atoms with Gasteiger partial charge in [0.25, 0.3) is 0 Å². The summed E-state index contributed by atoms with van der Waals surface area (Å²) in [6.07, 6.45) is 0. The first kappa shape index (κ1) is 28.4. The van der Waals surface area contributed by atoms with Crippen molar-refractivity contribution in [1.82, 2.24) is 9.13 Å². The minimum absolute atomic E-state index is 1.17. The monoisotopic (exact) mass is 664 g/mol. The number of para-hydroxylation sites is 3. The lowest BCUT2D eigenvalue weighted by Crippen LogP contribution is -2.72. The molecule has 1 aliphatic heterocycles. The highest BCUT2D eigenvalue weighted by Crippen LogP contribution is 2.40. The summed E-state index contributed by atoms with van der Waals surface area (Å²) in [5.74, 6) is 0. The summed E-state index contributed by atoms with van der Waals surface area (Å²) in [7, 11) is -2.64. The molecule has 10 aromatic rings. The van der Waals surface area contributed by atoms with Crippen LogP contribution < -0.4 is 20.7 Å². The van der Waals surface area contributed by atoms with Crippen LogP contribution in [0.4, 0.5) is 0 Å². The van der Waals surface area contributed by atoms with Gasteiger partial charge in [-0.05, 0) is 80.4 Å². The Balaban J connectivity index is 1.26. The molecule has 0 fully saturated rings. The molecule has 3 heteroatoms. The van der Waals surface area contributed by atoms with Gasteiger partial charge in [-0.1, -0.05) is 146 Å². The quantitative estimate of drug-likeness (QED) is 0.166. The summed E-state index contributed by atoms with van der Waals surface area (Å²) in [5.41, 5.74) is 9.93. The highest BCUT2D eigenvalue weighted by molar-refractivity contribution is 7.22. The van der Waals surface area contributed by atoms with E-state index in [4.69, 9.17) is 0 Å². The number of rotatable bonds is 4. The Morgan fingerprint density at radius 2 is 0.784 bits per heavy atom. The minimum Gasteiger partial charge on any atom is -0.309 e. The molecule has 0 amide bonds. The molecule has 1 aliphatic rings. The van der Waals surface area contributed by atoms with Crippen LogP contribution in [0.3, 0.4) is 0 Å². The molecule has 11 rings (SSSR count). The summed E-state index contributed by atoms with van der Waals surface area (Å²) in [6, 6.07) is 72.3. The van der Waals surface area contributed by atoms with E-state index in [0.717, 1.165) is 0 Å². The molecule has 0 radical (unpaired) electrons. The highest BCUT2D eigenvalue weighted by Gasteiger charge is 2.48. The van der Waals surface area contributed by atoms with Crippen LogP contribution in [0.1, 0.15) is 0 Å². The van der Waals surface area contributed by atoms with Crippen LogP contribution in [0.15, 0.2) is 194 Å². The number of aromatic nitrogens is 2. The Morgan fingerprint density at radius 3 is 1.41 bits per heavy atom. The zero-order valence-corrected chi connectivity index (χ0v) is 28.9. The number of hydrogen-bond acceptors (Lipinski definition) is 0. The van der Waals surface area contributed by atoms with Gasteiger partial charge < -0.3 is 9.13 Å². The van der Waals surface area contributed by atoms with Gasteiger partial charge in [0, 0.05) is 32.9 Å². The van der Waals surface area contributed by atoms with Crippen LogP contribution in [0.5, 0.6) is 0 Å². The van der Waals surface area contributed by atoms with E-state index in [1.165, 1.54) is 86.9 Å². The molecular weight excluding hydrogens is 633 g/mol. The van der Waals surface area contributed by atoms with E-state index in [1.807, 2.05) is 0 Å². The number of fused-ring (bicyclic) bond motifs is 9. The third kappa shape index (κ3) is 3.87. The first-order valence-corrected chi connectivity index (χ1v) is 19.7. The van der Waals surface area contributed by atoms with Gasteiger partial charge in [-0.25, -0.2) is 0 Å². The van der Waals surface area contributed by atoms with Gasteiger partial charge >= 0.3 is 0 Å². The Hall–Kier alpha value is -6.42. The van der Waals surface area contributed by atoms with E-state index < -0.39 is 8.07 Å². The van der Waals surface area contributed by atoms with Gasteiger partial charge in [0.05, 0.1) is 22.1 Å². The van der Waals surface area contributed by atoms with E-state index in [9.17, 15) is 0 Å². The lowest BCUT2D eigenvalue weighted by molar-refractivity contribution is 1.17. The molecule has 3 heterocycles. The SMILES string of the molecule is c1ccc(-n2c3ccccc3c3cc4c5ccccc5n(-c5ccc6c(c5)[Si](c5ccccc5)(c5ccccc5)c5ccccc5-6)c4cc32)cc1. The van der Waals surface area contributed by atoms with Crippen LogP contribution in [0, 0.1) is 0 Å². The third-order valence-electron chi connectivity index (χ3n) is 11.2. The van der Waals surface area contributed by atoms with Gasteiger partial charge in [0.15, 0.2) is 8.07 Å². The Bertz CT molecular complexity index is 2920. The maximum atomic E-state index is 2.53. The fraction of sp³-hybridized carbons (Fsp3) is 0. The Morgan fingerprint density at radius 1 is 0.294 bits per heavy atom. The van der Waals surface area contributed by atoms with Crippen molar-refractivity contribution in [2.45, 2.75) is 0 Å². The van der Waals surface area contributed by atoms with E-state index in [0.29, 0.717) is 0 Å². The van der Waals surface area contributed by atoms with Crippen LogP contribution in [0.2, 0.25) is 0 Å². The van der Waals surface area contributed by atoms with Crippen LogP contribution >= 0.6 is 0 Å². The summed E-state index contributed by atoms with van der Waals surface area (Å²) < 4.78 is 4.93. The van der Waals surface area contributed by atoms with Gasteiger partial charge in [0.1, 0.15) is 0 Å². The van der Waals surface area contributed by atoms with Crippen molar-refractivity contribution in [2.75, 3.05) is 0 Å². The molecule has 8 aromatic carbocycles. The molecule has 0 N–H and O–H groups in total. The molecule has 0 saturated heterocycles. The average Bonchev–Trinajstić information content (AvgIpc) is 3.81. The minimum atomic E-state index is -2.64. The second kappa shape index (κ2) is 10.8. The predicted molar refractivity (Wildman–Crippen MR) is 218 cm³/mol. The van der Waals surface area contributed by atoms with Crippen molar-refractivity contribution < 1.29 is 0 Å². The molecule has 0 unspecified atom stereocenters. The van der Waals surface area contributed by atoms with E-state index in [1.54, 1.807) is 0 Å². The molecular formula is C48H32N2Si. The molecule has 0 spiro atoms. The second-order valence-corrected chi connectivity index (χ2v) is 17.4. The largest absolute Gasteiger partial charge is 0.309 e. The second-order valence-electron chi connectivity index (χ2n) is 13.7. The average molecular weight is 665 g/mol. The first-order chi connectivity index (χ1) is 25.3. The molecule has 238 valence electrons. The van der Waals surface area contributed by atoms with Gasteiger partial charge in [-0.3, -0.25) is 0 Å². The van der Waals surface area contributed by atoms with Crippen LogP contribution in [-0.4, -0.2) is 17.2 Å². The molecule has 51 heavy (non-hydrogen) atoms. The maximum Gasteiger partial charge on any atom is 0.180 e. The third-order valence-corrected chi connectivity index (χ3v) is 16.0. The molecule has 0 bridgehead atoms. The summed E-state index contributed by atoms with van der Waals surface area (Å²) in [6.45, 7) is 0. The Labute approximate surface area is 297 Å². The van der Waals surface area contributed by atoms with Crippen molar-refractivity contribution in [1.29, 1.82) is 0 Å².